The lowest BCUT2D eigenvalue weighted by Crippen LogP contribution is -2.30. The van der Waals surface area contributed by atoms with E-state index in [9.17, 15) is 14.4 Å². The van der Waals surface area contributed by atoms with Crippen LogP contribution in [0.5, 0.6) is 5.75 Å². The lowest BCUT2D eigenvalue weighted by Gasteiger charge is -2.18. The maximum absolute atomic E-state index is 12.7. The van der Waals surface area contributed by atoms with Crippen LogP contribution in [-0.2, 0) is 9.59 Å². The van der Waals surface area contributed by atoms with E-state index in [1.54, 1.807) is 30.3 Å². The highest BCUT2D eigenvalue weighted by molar-refractivity contribution is 6.22. The number of ether oxygens (including phenoxy) is 1. The molecule has 6 heteroatoms. The van der Waals surface area contributed by atoms with Crippen molar-refractivity contribution in [2.75, 3.05) is 4.90 Å². The molecule has 1 saturated heterocycles. The van der Waals surface area contributed by atoms with Crippen molar-refractivity contribution in [3.63, 3.8) is 0 Å². The quantitative estimate of drug-likeness (QED) is 0.367. The van der Waals surface area contributed by atoms with Crippen LogP contribution >= 0.6 is 0 Å². The van der Waals surface area contributed by atoms with Gasteiger partial charge in [-0.05, 0) is 56.2 Å². The van der Waals surface area contributed by atoms with Crippen LogP contribution in [0.3, 0.4) is 0 Å². The maximum Gasteiger partial charge on any atom is 0.379 e. The number of anilines is 1. The zero-order valence-corrected chi connectivity index (χ0v) is 14.2. The first-order valence-electron chi connectivity index (χ1n) is 8.44. The minimum absolute atomic E-state index is 0.103. The molecule has 2 amide bonds. The minimum atomic E-state index is -0.608. The largest absolute Gasteiger partial charge is 0.457 e. The Balaban J connectivity index is 1.51. The fourth-order valence-electron chi connectivity index (χ4n) is 3.51. The lowest BCUT2D eigenvalue weighted by atomic mass is 9.82. The van der Waals surface area contributed by atoms with Gasteiger partial charge in [0, 0.05) is 0 Å². The van der Waals surface area contributed by atoms with E-state index in [-0.39, 0.29) is 29.4 Å². The molecule has 2 heterocycles. The van der Waals surface area contributed by atoms with Gasteiger partial charge in [0.15, 0.2) is 0 Å². The topological polar surface area (TPSA) is 76.8 Å². The van der Waals surface area contributed by atoms with Gasteiger partial charge in [-0.2, -0.15) is 0 Å². The lowest BCUT2D eigenvalue weighted by molar-refractivity contribution is -0.122. The van der Waals surface area contributed by atoms with Gasteiger partial charge in [0.1, 0.15) is 5.75 Å². The number of hydrogen-bond donors (Lipinski definition) is 0. The van der Waals surface area contributed by atoms with Crippen molar-refractivity contribution in [1.82, 2.24) is 0 Å². The Morgan fingerprint density at radius 2 is 1.85 bits per heavy atom. The normalized spacial score (nSPS) is 22.2. The number of benzene rings is 1. The van der Waals surface area contributed by atoms with Crippen LogP contribution in [0, 0.1) is 11.8 Å². The van der Waals surface area contributed by atoms with Gasteiger partial charge in [0.25, 0.3) is 0 Å². The summed E-state index contributed by atoms with van der Waals surface area (Å²) in [7, 11) is 0. The van der Waals surface area contributed by atoms with E-state index in [0.29, 0.717) is 24.3 Å². The van der Waals surface area contributed by atoms with Crippen LogP contribution in [0.1, 0.15) is 30.3 Å². The van der Waals surface area contributed by atoms with Gasteiger partial charge < -0.3 is 9.15 Å². The predicted octanol–water partition coefficient (Wildman–Crippen LogP) is 3.34. The Morgan fingerprint density at radius 3 is 2.54 bits per heavy atom. The Bertz CT molecular complexity index is 895. The first-order chi connectivity index (χ1) is 12.5. The molecule has 132 valence electrons. The molecule has 1 aliphatic heterocycles. The third-order valence-corrected chi connectivity index (χ3v) is 4.85. The molecule has 0 radical (unpaired) electrons. The van der Waals surface area contributed by atoms with E-state index in [1.807, 2.05) is 13.0 Å². The number of amides is 2. The number of fused-ring (bicyclic) bond motifs is 1. The van der Waals surface area contributed by atoms with E-state index < -0.39 is 5.97 Å². The SMILES string of the molecule is CC1=CC[C@H]2C(=O)N(c3ccc(OC(=O)c4ccco4)cc3)C(=O)[C@H]2C1. The fraction of sp³-hybridized carbons (Fsp3) is 0.250. The van der Waals surface area contributed by atoms with Crippen molar-refractivity contribution in [1.29, 1.82) is 0 Å². The molecule has 0 bridgehead atoms. The molecule has 0 N–H and O–H groups in total. The van der Waals surface area contributed by atoms with Crippen LogP contribution in [0.25, 0.3) is 0 Å². The molecule has 2 aliphatic rings. The fourth-order valence-corrected chi connectivity index (χ4v) is 3.51. The molecule has 2 atom stereocenters. The number of nitrogens with zero attached hydrogens (tertiary/aromatic N) is 1. The van der Waals surface area contributed by atoms with Gasteiger partial charge in [-0.25, -0.2) is 4.79 Å². The van der Waals surface area contributed by atoms with Crippen LogP contribution in [0.4, 0.5) is 5.69 Å². The summed E-state index contributed by atoms with van der Waals surface area (Å²) in [6.45, 7) is 1.98. The minimum Gasteiger partial charge on any atom is -0.457 e. The monoisotopic (exact) mass is 351 g/mol. The van der Waals surface area contributed by atoms with Crippen LogP contribution in [0.2, 0.25) is 0 Å². The molecular weight excluding hydrogens is 334 g/mol. The Hall–Kier alpha value is -3.15. The summed E-state index contributed by atoms with van der Waals surface area (Å²) < 4.78 is 10.2. The second kappa shape index (κ2) is 6.29. The summed E-state index contributed by atoms with van der Waals surface area (Å²) in [5, 5.41) is 0. The van der Waals surface area contributed by atoms with Gasteiger partial charge in [-0.15, -0.1) is 0 Å². The smallest absolute Gasteiger partial charge is 0.379 e. The number of imide groups is 1. The Morgan fingerprint density at radius 1 is 1.12 bits per heavy atom. The molecule has 26 heavy (non-hydrogen) atoms. The number of allylic oxidation sites excluding steroid dienone is 2. The molecule has 1 aromatic carbocycles. The summed E-state index contributed by atoms with van der Waals surface area (Å²) in [5.74, 6) is -1.07. The summed E-state index contributed by atoms with van der Waals surface area (Å²) in [5.41, 5.74) is 1.64. The summed E-state index contributed by atoms with van der Waals surface area (Å²) >= 11 is 0. The van der Waals surface area contributed by atoms with Crippen LogP contribution < -0.4 is 9.64 Å². The predicted molar refractivity (Wildman–Crippen MR) is 92.6 cm³/mol. The summed E-state index contributed by atoms with van der Waals surface area (Å²) in [4.78, 5) is 38.5. The second-order valence-corrected chi connectivity index (χ2v) is 6.58. The number of carbonyl (C=O) groups is 3. The number of carbonyl (C=O) groups excluding carboxylic acids is 3. The molecule has 4 rings (SSSR count). The van der Waals surface area contributed by atoms with E-state index in [2.05, 4.69) is 0 Å². The average molecular weight is 351 g/mol. The maximum atomic E-state index is 12.7. The van der Waals surface area contributed by atoms with E-state index >= 15 is 0 Å². The zero-order chi connectivity index (χ0) is 18.3. The molecule has 0 saturated carbocycles. The van der Waals surface area contributed by atoms with Gasteiger partial charge >= 0.3 is 5.97 Å². The second-order valence-electron chi connectivity index (χ2n) is 6.58. The summed E-state index contributed by atoms with van der Waals surface area (Å²) in [6, 6.07) is 9.44. The molecule has 1 fully saturated rings. The highest BCUT2D eigenvalue weighted by Crippen LogP contribution is 2.39. The summed E-state index contributed by atoms with van der Waals surface area (Å²) in [6.07, 6.45) is 4.66. The molecule has 6 nitrogen and oxygen atoms in total. The third-order valence-electron chi connectivity index (χ3n) is 4.85. The number of hydrogen-bond acceptors (Lipinski definition) is 5. The third kappa shape index (κ3) is 2.73. The van der Waals surface area contributed by atoms with Crippen LogP contribution in [-0.4, -0.2) is 17.8 Å². The zero-order valence-electron chi connectivity index (χ0n) is 14.2. The van der Waals surface area contributed by atoms with E-state index in [4.69, 9.17) is 9.15 Å². The van der Waals surface area contributed by atoms with Crippen molar-refractivity contribution >= 4 is 23.5 Å². The van der Waals surface area contributed by atoms with Crippen molar-refractivity contribution in [2.45, 2.75) is 19.8 Å². The molecule has 1 aliphatic carbocycles. The van der Waals surface area contributed by atoms with Gasteiger partial charge in [-0.3, -0.25) is 14.5 Å². The van der Waals surface area contributed by atoms with Crippen molar-refractivity contribution in [3.05, 3.63) is 60.1 Å². The highest BCUT2D eigenvalue weighted by Gasteiger charge is 2.48. The van der Waals surface area contributed by atoms with Gasteiger partial charge in [0.05, 0.1) is 23.8 Å². The molecule has 2 aromatic rings. The van der Waals surface area contributed by atoms with Gasteiger partial charge in [0.2, 0.25) is 17.6 Å². The first-order valence-corrected chi connectivity index (χ1v) is 8.44. The van der Waals surface area contributed by atoms with Crippen molar-refractivity contribution in [3.8, 4) is 5.75 Å². The standard InChI is InChI=1S/C20H17NO5/c1-12-4-9-15-16(11-12)19(23)21(18(15)22)13-5-7-14(8-6-13)26-20(24)17-3-2-10-25-17/h2-8,10,15-16H,9,11H2,1H3/t15-,16+/m1/s1. The molecule has 0 spiro atoms. The highest BCUT2D eigenvalue weighted by atomic mass is 16.5. The van der Waals surface area contributed by atoms with E-state index in [0.717, 1.165) is 5.57 Å². The molecule has 0 unspecified atom stereocenters. The number of rotatable bonds is 3. The van der Waals surface area contributed by atoms with Crippen molar-refractivity contribution < 1.29 is 23.5 Å². The average Bonchev–Trinajstić information content (AvgIpc) is 3.24. The number of furan rings is 1. The Kier molecular flexibility index (Phi) is 3.95. The van der Waals surface area contributed by atoms with E-state index in [1.165, 1.54) is 17.2 Å². The number of esters is 1. The molecule has 1 aromatic heterocycles. The van der Waals surface area contributed by atoms with Crippen LogP contribution in [0.15, 0.2) is 58.7 Å². The van der Waals surface area contributed by atoms with Gasteiger partial charge in [-0.1, -0.05) is 11.6 Å². The Labute approximate surface area is 150 Å². The molecular formula is C20H17NO5. The van der Waals surface area contributed by atoms with Crippen molar-refractivity contribution in [2.24, 2.45) is 11.8 Å². The first kappa shape index (κ1) is 16.3.